The minimum Gasteiger partial charge on any atom is -0.377 e. The fourth-order valence-electron chi connectivity index (χ4n) is 1.78. The van der Waals surface area contributed by atoms with E-state index in [1.807, 2.05) is 31.2 Å². The van der Waals surface area contributed by atoms with E-state index in [0.717, 1.165) is 19.1 Å². The largest absolute Gasteiger partial charge is 0.377 e. The van der Waals surface area contributed by atoms with Crippen LogP contribution in [0.4, 0.5) is 10.1 Å². The Labute approximate surface area is 137 Å². The van der Waals surface area contributed by atoms with Crippen molar-refractivity contribution in [3.05, 3.63) is 61.2 Å². The molecule has 19 heavy (non-hydrogen) atoms. The van der Waals surface area contributed by atoms with Crippen LogP contribution in [-0.4, -0.2) is 0 Å². The third kappa shape index (κ3) is 3.58. The molecule has 0 spiro atoms. The highest BCUT2D eigenvalue weighted by atomic mass is 79.9. The van der Waals surface area contributed by atoms with Gasteiger partial charge in [0.2, 0.25) is 0 Å². The SMILES string of the molecule is CC(Nc1c(Br)cccc1Br)c1ccc(Br)cc1F. The van der Waals surface area contributed by atoms with Gasteiger partial charge in [-0.15, -0.1) is 0 Å². The van der Waals surface area contributed by atoms with Crippen LogP contribution in [0.1, 0.15) is 18.5 Å². The van der Waals surface area contributed by atoms with Gasteiger partial charge in [0.05, 0.1) is 11.7 Å². The number of rotatable bonds is 3. The molecule has 0 fully saturated rings. The predicted octanol–water partition coefficient (Wildman–Crippen LogP) is 6.29. The van der Waals surface area contributed by atoms with Crippen molar-refractivity contribution < 1.29 is 4.39 Å². The summed E-state index contributed by atoms with van der Waals surface area (Å²) in [5.41, 5.74) is 1.54. The molecule has 1 N–H and O–H groups in total. The third-order valence-corrected chi connectivity index (χ3v) is 4.57. The van der Waals surface area contributed by atoms with Gasteiger partial charge in [-0.2, -0.15) is 0 Å². The Kier molecular flexibility index (Phi) is 5.03. The highest BCUT2D eigenvalue weighted by Gasteiger charge is 2.13. The lowest BCUT2D eigenvalue weighted by atomic mass is 10.1. The third-order valence-electron chi connectivity index (χ3n) is 2.75. The van der Waals surface area contributed by atoms with Crippen LogP contribution < -0.4 is 5.32 Å². The maximum absolute atomic E-state index is 13.9. The van der Waals surface area contributed by atoms with Crippen molar-refractivity contribution in [2.24, 2.45) is 0 Å². The Morgan fingerprint density at radius 1 is 1.05 bits per heavy atom. The predicted molar refractivity (Wildman–Crippen MR) is 88.0 cm³/mol. The van der Waals surface area contributed by atoms with Crippen molar-refractivity contribution >= 4 is 53.5 Å². The monoisotopic (exact) mass is 449 g/mol. The number of halogens is 4. The lowest BCUT2D eigenvalue weighted by Gasteiger charge is -2.18. The molecule has 2 rings (SSSR count). The number of benzene rings is 2. The number of hydrogen-bond acceptors (Lipinski definition) is 1. The fraction of sp³-hybridized carbons (Fsp3) is 0.143. The Morgan fingerprint density at radius 3 is 2.26 bits per heavy atom. The second kappa shape index (κ2) is 6.37. The van der Waals surface area contributed by atoms with E-state index in [4.69, 9.17) is 0 Å². The molecule has 2 aromatic carbocycles. The van der Waals surface area contributed by atoms with Gasteiger partial charge in [-0.05, 0) is 63.0 Å². The Morgan fingerprint density at radius 2 is 1.68 bits per heavy atom. The molecule has 0 aliphatic rings. The summed E-state index contributed by atoms with van der Waals surface area (Å²) in [5.74, 6) is -0.224. The van der Waals surface area contributed by atoms with Crippen LogP contribution in [0, 0.1) is 5.82 Å². The topological polar surface area (TPSA) is 12.0 Å². The van der Waals surface area contributed by atoms with E-state index in [-0.39, 0.29) is 11.9 Å². The summed E-state index contributed by atoms with van der Waals surface area (Å²) >= 11 is 10.2. The summed E-state index contributed by atoms with van der Waals surface area (Å²) in [6.07, 6.45) is 0. The summed E-state index contributed by atoms with van der Waals surface area (Å²) < 4.78 is 16.5. The first-order valence-electron chi connectivity index (χ1n) is 5.64. The minimum absolute atomic E-state index is 0.136. The average Bonchev–Trinajstić information content (AvgIpc) is 2.33. The second-order valence-corrected chi connectivity index (χ2v) is 6.75. The Bertz CT molecular complexity index is 581. The van der Waals surface area contributed by atoms with Crippen LogP contribution >= 0.6 is 47.8 Å². The van der Waals surface area contributed by atoms with E-state index in [1.165, 1.54) is 6.07 Å². The van der Waals surface area contributed by atoms with E-state index >= 15 is 0 Å². The van der Waals surface area contributed by atoms with Gasteiger partial charge in [-0.1, -0.05) is 28.1 Å². The van der Waals surface area contributed by atoms with Crippen molar-refractivity contribution in [2.75, 3.05) is 5.32 Å². The number of para-hydroxylation sites is 1. The van der Waals surface area contributed by atoms with Gasteiger partial charge in [0.15, 0.2) is 0 Å². The molecule has 2 aromatic rings. The first kappa shape index (κ1) is 15.0. The van der Waals surface area contributed by atoms with Crippen LogP contribution in [0.5, 0.6) is 0 Å². The minimum atomic E-state index is -0.224. The molecule has 0 heterocycles. The van der Waals surface area contributed by atoms with E-state index in [9.17, 15) is 4.39 Å². The standard InChI is InChI=1S/C14H11Br3FN/c1-8(10-6-5-9(15)7-13(10)18)19-14-11(16)3-2-4-12(14)17/h2-8,19H,1H3. The van der Waals surface area contributed by atoms with Gasteiger partial charge in [-0.25, -0.2) is 4.39 Å². The van der Waals surface area contributed by atoms with E-state index in [1.54, 1.807) is 6.07 Å². The van der Waals surface area contributed by atoms with Gasteiger partial charge < -0.3 is 5.32 Å². The first-order chi connectivity index (χ1) is 8.99. The zero-order valence-electron chi connectivity index (χ0n) is 10.1. The molecule has 0 aliphatic heterocycles. The second-order valence-electron chi connectivity index (χ2n) is 4.13. The van der Waals surface area contributed by atoms with Gasteiger partial charge in [0, 0.05) is 19.0 Å². The molecule has 0 aliphatic carbocycles. The molecule has 1 nitrogen and oxygen atoms in total. The molecule has 100 valence electrons. The lowest BCUT2D eigenvalue weighted by molar-refractivity contribution is 0.599. The molecule has 5 heteroatoms. The molecule has 0 aromatic heterocycles. The summed E-state index contributed by atoms with van der Waals surface area (Å²) in [7, 11) is 0. The van der Waals surface area contributed by atoms with E-state index < -0.39 is 0 Å². The van der Waals surface area contributed by atoms with Crippen LogP contribution in [0.2, 0.25) is 0 Å². The number of hydrogen-bond donors (Lipinski definition) is 1. The number of nitrogens with one attached hydrogen (secondary N) is 1. The maximum Gasteiger partial charge on any atom is 0.129 e. The molecule has 1 atom stereocenters. The summed E-state index contributed by atoms with van der Waals surface area (Å²) in [4.78, 5) is 0. The highest BCUT2D eigenvalue weighted by Crippen LogP contribution is 2.34. The van der Waals surface area contributed by atoms with Crippen molar-refractivity contribution in [1.29, 1.82) is 0 Å². The molecule has 1 unspecified atom stereocenters. The fourth-order valence-corrected chi connectivity index (χ4v) is 3.34. The van der Waals surface area contributed by atoms with Crippen LogP contribution in [-0.2, 0) is 0 Å². The van der Waals surface area contributed by atoms with Gasteiger partial charge >= 0.3 is 0 Å². The molecular formula is C14H11Br3FN. The smallest absolute Gasteiger partial charge is 0.129 e. The molecule has 0 amide bonds. The zero-order valence-corrected chi connectivity index (χ0v) is 14.8. The molecule has 0 saturated heterocycles. The van der Waals surface area contributed by atoms with Crippen molar-refractivity contribution in [2.45, 2.75) is 13.0 Å². The van der Waals surface area contributed by atoms with Gasteiger partial charge in [-0.3, -0.25) is 0 Å². The first-order valence-corrected chi connectivity index (χ1v) is 8.02. The lowest BCUT2D eigenvalue weighted by Crippen LogP contribution is -2.09. The highest BCUT2D eigenvalue weighted by molar-refractivity contribution is 9.11. The van der Waals surface area contributed by atoms with Gasteiger partial charge in [0.1, 0.15) is 5.82 Å². The zero-order chi connectivity index (χ0) is 14.0. The number of anilines is 1. The summed E-state index contributed by atoms with van der Waals surface area (Å²) in [6.45, 7) is 1.93. The average molecular weight is 452 g/mol. The maximum atomic E-state index is 13.9. The van der Waals surface area contributed by atoms with E-state index in [0.29, 0.717) is 5.56 Å². The Hall–Kier alpha value is -0.390. The molecule has 0 saturated carbocycles. The van der Waals surface area contributed by atoms with Crippen molar-refractivity contribution in [1.82, 2.24) is 0 Å². The quantitative estimate of drug-likeness (QED) is 0.578. The van der Waals surface area contributed by atoms with Crippen molar-refractivity contribution in [3.63, 3.8) is 0 Å². The van der Waals surface area contributed by atoms with E-state index in [2.05, 4.69) is 53.1 Å². The Balaban J connectivity index is 2.28. The summed E-state index contributed by atoms with van der Waals surface area (Å²) in [6, 6.07) is 10.8. The summed E-state index contributed by atoms with van der Waals surface area (Å²) in [5, 5.41) is 3.31. The molecule has 0 bridgehead atoms. The van der Waals surface area contributed by atoms with Crippen LogP contribution in [0.15, 0.2) is 49.8 Å². The normalized spacial score (nSPS) is 12.3. The van der Waals surface area contributed by atoms with Crippen LogP contribution in [0.3, 0.4) is 0 Å². The van der Waals surface area contributed by atoms with Crippen molar-refractivity contribution in [3.8, 4) is 0 Å². The molecular weight excluding hydrogens is 441 g/mol. The van der Waals surface area contributed by atoms with Gasteiger partial charge in [0.25, 0.3) is 0 Å². The van der Waals surface area contributed by atoms with Crippen LogP contribution in [0.25, 0.3) is 0 Å². The molecule has 0 radical (unpaired) electrons.